The lowest BCUT2D eigenvalue weighted by molar-refractivity contribution is -0.137. The molecule has 4 nitrogen and oxygen atoms in total. The Hall–Kier alpha value is -2.38. The van der Waals surface area contributed by atoms with Gasteiger partial charge in [0.1, 0.15) is 0 Å². The van der Waals surface area contributed by atoms with Gasteiger partial charge in [-0.25, -0.2) is 0 Å². The smallest absolute Gasteiger partial charge is 0.387 e. The number of benzene rings is 2. The summed E-state index contributed by atoms with van der Waals surface area (Å²) in [5.74, 6) is -0.643. The summed E-state index contributed by atoms with van der Waals surface area (Å²) < 4.78 is 38.4. The number of aliphatic hydroxyl groups excluding tert-OH is 1. The molecule has 7 heteroatoms. The highest BCUT2D eigenvalue weighted by molar-refractivity contribution is 5.84. The maximum atomic E-state index is 12.8. The first-order chi connectivity index (χ1) is 12.8. The van der Waals surface area contributed by atoms with Gasteiger partial charge in [-0.2, -0.15) is 13.2 Å². The van der Waals surface area contributed by atoms with Crippen LogP contribution in [0.1, 0.15) is 53.2 Å². The van der Waals surface area contributed by atoms with E-state index in [9.17, 15) is 23.1 Å². The number of alkyl halides is 3. The van der Waals surface area contributed by atoms with Crippen molar-refractivity contribution < 1.29 is 23.1 Å². The highest BCUT2D eigenvalue weighted by Gasteiger charge is 2.32. The number of carbonyl (C=O) groups is 1. The van der Waals surface area contributed by atoms with Crippen molar-refractivity contribution in [3.05, 3.63) is 70.8 Å². The minimum Gasteiger partial charge on any atom is -0.387 e. The van der Waals surface area contributed by atoms with Crippen LogP contribution in [0.5, 0.6) is 0 Å². The number of rotatable bonds is 4. The molecular weight excluding hydrogens is 357 g/mol. The van der Waals surface area contributed by atoms with Gasteiger partial charge in [-0.3, -0.25) is 4.79 Å². The molecule has 0 aliphatic heterocycles. The molecule has 0 spiro atoms. The molecule has 3 unspecified atom stereocenters. The zero-order valence-corrected chi connectivity index (χ0v) is 14.5. The molecule has 3 rings (SSSR count). The van der Waals surface area contributed by atoms with E-state index in [1.807, 2.05) is 24.3 Å². The maximum Gasteiger partial charge on any atom is 0.416 e. The molecule has 0 saturated heterocycles. The lowest BCUT2D eigenvalue weighted by Gasteiger charge is -2.29. The molecular formula is C20H21F3N2O2. The molecule has 0 radical (unpaired) electrons. The third kappa shape index (κ3) is 4.31. The van der Waals surface area contributed by atoms with E-state index in [0.717, 1.165) is 23.3 Å². The summed E-state index contributed by atoms with van der Waals surface area (Å²) >= 11 is 0. The Balaban J connectivity index is 1.67. The zero-order valence-electron chi connectivity index (χ0n) is 14.5. The van der Waals surface area contributed by atoms with Gasteiger partial charge >= 0.3 is 6.18 Å². The maximum absolute atomic E-state index is 12.8. The molecule has 1 amide bonds. The van der Waals surface area contributed by atoms with E-state index < -0.39 is 17.8 Å². The second kappa shape index (κ2) is 7.70. The Morgan fingerprint density at radius 2 is 1.85 bits per heavy atom. The van der Waals surface area contributed by atoms with Crippen LogP contribution in [0.2, 0.25) is 0 Å². The summed E-state index contributed by atoms with van der Waals surface area (Å²) in [6.45, 7) is -0.162. The Morgan fingerprint density at radius 3 is 2.56 bits per heavy atom. The van der Waals surface area contributed by atoms with Crippen LogP contribution < -0.4 is 11.1 Å². The third-order valence-electron chi connectivity index (χ3n) is 4.92. The highest BCUT2D eigenvalue weighted by atomic mass is 19.4. The van der Waals surface area contributed by atoms with Gasteiger partial charge in [0.25, 0.3) is 0 Å². The number of amides is 1. The standard InChI is InChI=1S/C20H21F3N2O2/c21-20(22,23)13-5-3-4-12(10-13)18(26)11-25-19(27)16-8-9-17(24)15-7-2-1-6-14(15)16/h1-7,10,16-18,26H,8-9,11,24H2,(H,25,27). The van der Waals surface area contributed by atoms with Gasteiger partial charge in [0.05, 0.1) is 17.6 Å². The van der Waals surface area contributed by atoms with Crippen LogP contribution in [-0.4, -0.2) is 17.6 Å². The zero-order chi connectivity index (χ0) is 19.6. The quantitative estimate of drug-likeness (QED) is 0.763. The minimum atomic E-state index is -4.48. The monoisotopic (exact) mass is 378 g/mol. The van der Waals surface area contributed by atoms with Gasteiger partial charge < -0.3 is 16.2 Å². The van der Waals surface area contributed by atoms with Gasteiger partial charge in [-0.1, -0.05) is 36.4 Å². The fourth-order valence-corrected chi connectivity index (χ4v) is 3.46. The van der Waals surface area contributed by atoms with Crippen molar-refractivity contribution >= 4 is 5.91 Å². The number of halogens is 3. The van der Waals surface area contributed by atoms with Crippen LogP contribution >= 0.6 is 0 Å². The first kappa shape index (κ1) is 19.4. The molecule has 0 fully saturated rings. The van der Waals surface area contributed by atoms with Gasteiger partial charge in [-0.05, 0) is 41.7 Å². The molecule has 0 aromatic heterocycles. The first-order valence-electron chi connectivity index (χ1n) is 8.74. The minimum absolute atomic E-state index is 0.108. The van der Waals surface area contributed by atoms with Crippen molar-refractivity contribution in [3.63, 3.8) is 0 Å². The molecule has 0 bridgehead atoms. The third-order valence-corrected chi connectivity index (χ3v) is 4.92. The summed E-state index contributed by atoms with van der Waals surface area (Å²) in [6.07, 6.45) is -4.45. The fourth-order valence-electron chi connectivity index (χ4n) is 3.46. The first-order valence-corrected chi connectivity index (χ1v) is 8.74. The van der Waals surface area contributed by atoms with Crippen LogP contribution in [-0.2, 0) is 11.0 Å². The summed E-state index contributed by atoms with van der Waals surface area (Å²) in [7, 11) is 0. The van der Waals surface area contributed by atoms with Crippen molar-refractivity contribution in [2.75, 3.05) is 6.54 Å². The molecule has 2 aromatic carbocycles. The summed E-state index contributed by atoms with van der Waals surface area (Å²) in [5, 5.41) is 12.8. The molecule has 27 heavy (non-hydrogen) atoms. The van der Waals surface area contributed by atoms with Crippen molar-refractivity contribution in [3.8, 4) is 0 Å². The van der Waals surface area contributed by atoms with E-state index in [1.165, 1.54) is 12.1 Å². The summed E-state index contributed by atoms with van der Waals surface area (Å²) in [5.41, 5.74) is 7.16. The number of hydrogen-bond acceptors (Lipinski definition) is 3. The second-order valence-corrected chi connectivity index (χ2v) is 6.75. The van der Waals surface area contributed by atoms with Gasteiger partial charge in [-0.15, -0.1) is 0 Å². The van der Waals surface area contributed by atoms with Crippen molar-refractivity contribution in [2.24, 2.45) is 5.73 Å². The SMILES string of the molecule is NC1CCC(C(=O)NCC(O)c2cccc(C(F)(F)F)c2)c2ccccc21. The Labute approximate surface area is 155 Å². The molecule has 144 valence electrons. The molecule has 1 aliphatic rings. The number of fused-ring (bicyclic) bond motifs is 1. The largest absolute Gasteiger partial charge is 0.416 e. The van der Waals surface area contributed by atoms with Crippen molar-refractivity contribution in [1.82, 2.24) is 5.32 Å². The topological polar surface area (TPSA) is 75.4 Å². The lowest BCUT2D eigenvalue weighted by atomic mass is 9.80. The van der Waals surface area contributed by atoms with E-state index >= 15 is 0 Å². The summed E-state index contributed by atoms with van der Waals surface area (Å²) in [6, 6.07) is 11.8. The van der Waals surface area contributed by atoms with E-state index in [1.54, 1.807) is 0 Å². The number of nitrogens with one attached hydrogen (secondary N) is 1. The highest BCUT2D eigenvalue weighted by Crippen LogP contribution is 2.36. The average molecular weight is 378 g/mol. The molecule has 3 atom stereocenters. The van der Waals surface area contributed by atoms with Crippen molar-refractivity contribution in [1.29, 1.82) is 0 Å². The van der Waals surface area contributed by atoms with E-state index in [2.05, 4.69) is 5.32 Å². The molecule has 2 aromatic rings. The molecule has 1 aliphatic carbocycles. The van der Waals surface area contributed by atoms with Crippen LogP contribution in [0.4, 0.5) is 13.2 Å². The predicted molar refractivity (Wildman–Crippen MR) is 94.8 cm³/mol. The van der Waals surface area contributed by atoms with Crippen LogP contribution in [0, 0.1) is 0 Å². The van der Waals surface area contributed by atoms with E-state index in [-0.39, 0.29) is 30.0 Å². The number of nitrogens with two attached hydrogens (primary N) is 1. The van der Waals surface area contributed by atoms with Gasteiger partial charge in [0.2, 0.25) is 5.91 Å². The Bertz CT molecular complexity index is 823. The molecule has 4 N–H and O–H groups in total. The number of hydrogen-bond donors (Lipinski definition) is 3. The predicted octanol–water partition coefficient (Wildman–Crippen LogP) is 3.43. The Kier molecular flexibility index (Phi) is 5.53. The fraction of sp³-hybridized carbons (Fsp3) is 0.350. The van der Waals surface area contributed by atoms with Gasteiger partial charge in [0, 0.05) is 12.6 Å². The number of aliphatic hydroxyl groups is 1. The summed E-state index contributed by atoms with van der Waals surface area (Å²) in [4.78, 5) is 12.6. The van der Waals surface area contributed by atoms with Crippen molar-refractivity contribution in [2.45, 2.75) is 37.1 Å². The second-order valence-electron chi connectivity index (χ2n) is 6.75. The van der Waals surface area contributed by atoms with E-state index in [0.29, 0.717) is 12.8 Å². The average Bonchev–Trinajstić information content (AvgIpc) is 2.66. The van der Waals surface area contributed by atoms with E-state index in [4.69, 9.17) is 5.73 Å². The normalized spacial score (nSPS) is 20.6. The number of carbonyl (C=O) groups excluding carboxylic acids is 1. The lowest BCUT2D eigenvalue weighted by Crippen LogP contribution is -2.35. The molecule has 0 saturated carbocycles. The van der Waals surface area contributed by atoms with Crippen LogP contribution in [0.25, 0.3) is 0 Å². The van der Waals surface area contributed by atoms with Crippen LogP contribution in [0.3, 0.4) is 0 Å². The Morgan fingerprint density at radius 1 is 1.15 bits per heavy atom. The van der Waals surface area contributed by atoms with Gasteiger partial charge in [0.15, 0.2) is 0 Å². The molecule has 0 heterocycles. The van der Waals surface area contributed by atoms with Crippen LogP contribution in [0.15, 0.2) is 48.5 Å².